The van der Waals surface area contributed by atoms with E-state index in [1.54, 1.807) is 29.1 Å². The van der Waals surface area contributed by atoms with Crippen molar-refractivity contribution in [1.29, 1.82) is 0 Å². The van der Waals surface area contributed by atoms with Crippen LogP contribution in [0.5, 0.6) is 0 Å². The van der Waals surface area contributed by atoms with Crippen molar-refractivity contribution in [2.24, 2.45) is 11.8 Å². The molecule has 2 bridgehead atoms. The molecule has 130 valence electrons. The summed E-state index contributed by atoms with van der Waals surface area (Å²) < 4.78 is 21.7. The molecule has 2 aromatic rings. The standard InChI is InChI=1S/C19H20FN3O2/c20-15-4-3-12(9-16(15)22-7-1-2-8-22)21-19(24)23-10-13-14(11-23)18-6-5-17(13)25-18/h1-4,7-9,13-14,17-18H,5-6,10-11H2,(H,21,24)/t13-,14-,17+,18+/m0/s1. The topological polar surface area (TPSA) is 46.5 Å². The van der Waals surface area contributed by atoms with Gasteiger partial charge in [0.2, 0.25) is 0 Å². The molecule has 3 aliphatic heterocycles. The van der Waals surface area contributed by atoms with Gasteiger partial charge in [-0.3, -0.25) is 0 Å². The monoisotopic (exact) mass is 341 g/mol. The van der Waals surface area contributed by atoms with Gasteiger partial charge in [0.05, 0.1) is 17.9 Å². The molecular formula is C19H20FN3O2. The van der Waals surface area contributed by atoms with Gasteiger partial charge in [-0.15, -0.1) is 0 Å². The molecule has 1 aromatic heterocycles. The van der Waals surface area contributed by atoms with Gasteiger partial charge in [-0.05, 0) is 43.2 Å². The van der Waals surface area contributed by atoms with Crippen molar-refractivity contribution >= 4 is 11.7 Å². The molecule has 4 heterocycles. The van der Waals surface area contributed by atoms with Gasteiger partial charge in [-0.1, -0.05) is 0 Å². The third-order valence-corrected chi connectivity index (χ3v) is 5.82. The van der Waals surface area contributed by atoms with Crippen LogP contribution in [0.25, 0.3) is 5.69 Å². The molecule has 1 aromatic carbocycles. The Labute approximate surface area is 145 Å². The maximum absolute atomic E-state index is 14.1. The number of anilines is 1. The highest BCUT2D eigenvalue weighted by Crippen LogP contribution is 2.47. The minimum atomic E-state index is -0.321. The summed E-state index contributed by atoms with van der Waals surface area (Å²) in [5.41, 5.74) is 1.03. The molecule has 0 saturated carbocycles. The number of aromatic nitrogens is 1. The lowest BCUT2D eigenvalue weighted by molar-refractivity contribution is 0.0747. The Balaban J connectivity index is 1.31. The molecule has 0 unspecified atom stereocenters. The van der Waals surface area contributed by atoms with E-state index in [1.807, 2.05) is 17.0 Å². The highest BCUT2D eigenvalue weighted by Gasteiger charge is 2.53. The van der Waals surface area contributed by atoms with Crippen LogP contribution in [0.2, 0.25) is 0 Å². The number of carbonyl (C=O) groups is 1. The maximum Gasteiger partial charge on any atom is 0.321 e. The zero-order valence-corrected chi connectivity index (χ0v) is 13.8. The second-order valence-electron chi connectivity index (χ2n) is 7.21. The van der Waals surface area contributed by atoms with Crippen molar-refractivity contribution in [2.75, 3.05) is 18.4 Å². The van der Waals surface area contributed by atoms with Crippen LogP contribution in [-0.4, -0.2) is 40.8 Å². The number of hydrogen-bond donors (Lipinski definition) is 1. The van der Waals surface area contributed by atoms with Crippen LogP contribution in [0.15, 0.2) is 42.7 Å². The quantitative estimate of drug-likeness (QED) is 0.911. The van der Waals surface area contributed by atoms with Gasteiger partial charge in [0, 0.05) is 43.0 Å². The van der Waals surface area contributed by atoms with E-state index < -0.39 is 0 Å². The number of nitrogens with one attached hydrogen (secondary N) is 1. The van der Waals surface area contributed by atoms with Crippen molar-refractivity contribution in [3.63, 3.8) is 0 Å². The van der Waals surface area contributed by atoms with Crippen molar-refractivity contribution in [3.8, 4) is 5.69 Å². The van der Waals surface area contributed by atoms with Crippen molar-refractivity contribution in [1.82, 2.24) is 9.47 Å². The van der Waals surface area contributed by atoms with Gasteiger partial charge in [-0.25, -0.2) is 9.18 Å². The molecule has 0 aliphatic carbocycles. The lowest BCUT2D eigenvalue weighted by Crippen LogP contribution is -2.35. The second-order valence-corrected chi connectivity index (χ2v) is 7.21. The number of benzene rings is 1. The number of urea groups is 1. The van der Waals surface area contributed by atoms with E-state index in [2.05, 4.69) is 5.32 Å². The van der Waals surface area contributed by atoms with E-state index >= 15 is 0 Å². The average molecular weight is 341 g/mol. The van der Waals surface area contributed by atoms with E-state index in [-0.39, 0.29) is 11.8 Å². The second kappa shape index (κ2) is 5.59. The Bertz CT molecular complexity index is 789. The van der Waals surface area contributed by atoms with E-state index in [4.69, 9.17) is 4.74 Å². The number of amides is 2. The van der Waals surface area contributed by atoms with Crippen LogP contribution < -0.4 is 5.32 Å². The maximum atomic E-state index is 14.1. The largest absolute Gasteiger partial charge is 0.374 e. The first-order chi connectivity index (χ1) is 12.2. The van der Waals surface area contributed by atoms with E-state index in [0.717, 1.165) is 25.9 Å². The number of likely N-dealkylation sites (tertiary alicyclic amines) is 1. The molecule has 4 atom stereocenters. The molecule has 3 aliphatic rings. The van der Waals surface area contributed by atoms with E-state index in [0.29, 0.717) is 35.4 Å². The van der Waals surface area contributed by atoms with Crippen LogP contribution >= 0.6 is 0 Å². The minimum absolute atomic E-state index is 0.112. The summed E-state index contributed by atoms with van der Waals surface area (Å²) in [5.74, 6) is 0.639. The van der Waals surface area contributed by atoms with Crippen molar-refractivity contribution in [3.05, 3.63) is 48.5 Å². The number of hydrogen-bond acceptors (Lipinski definition) is 2. The zero-order chi connectivity index (χ0) is 17.0. The number of halogens is 1. The molecule has 25 heavy (non-hydrogen) atoms. The first-order valence-electron chi connectivity index (χ1n) is 8.83. The highest BCUT2D eigenvalue weighted by molar-refractivity contribution is 5.90. The molecule has 1 N–H and O–H groups in total. The third kappa shape index (κ3) is 2.43. The summed E-state index contributed by atoms with van der Waals surface area (Å²) in [5, 5.41) is 2.92. The first-order valence-corrected chi connectivity index (χ1v) is 8.83. The van der Waals surface area contributed by atoms with Crippen molar-refractivity contribution < 1.29 is 13.9 Å². The fourth-order valence-electron chi connectivity index (χ4n) is 4.61. The van der Waals surface area contributed by atoms with E-state index in [1.165, 1.54) is 6.07 Å². The lowest BCUT2D eigenvalue weighted by atomic mass is 9.82. The van der Waals surface area contributed by atoms with Crippen LogP contribution in [0.1, 0.15) is 12.8 Å². The van der Waals surface area contributed by atoms with Crippen LogP contribution in [-0.2, 0) is 4.74 Å². The molecule has 5 nitrogen and oxygen atoms in total. The molecule has 6 heteroatoms. The van der Waals surface area contributed by atoms with Gasteiger partial charge in [0.25, 0.3) is 0 Å². The Morgan fingerprint density at radius 3 is 2.48 bits per heavy atom. The third-order valence-electron chi connectivity index (χ3n) is 5.82. The van der Waals surface area contributed by atoms with Crippen molar-refractivity contribution in [2.45, 2.75) is 25.0 Å². The molecule has 3 saturated heterocycles. The summed E-state index contributed by atoms with van der Waals surface area (Å²) in [6.45, 7) is 1.51. The number of nitrogens with zero attached hydrogens (tertiary/aromatic N) is 2. The normalized spacial score (nSPS) is 29.9. The SMILES string of the molecule is O=C(Nc1ccc(F)c(-n2cccc2)c1)N1C[C@H]2[C@H](C1)[C@H]1CC[C@H]2O1. The Morgan fingerprint density at radius 1 is 1.12 bits per heavy atom. The summed E-state index contributed by atoms with van der Waals surface area (Å²) in [6, 6.07) is 8.21. The van der Waals surface area contributed by atoms with Crippen LogP contribution in [0.4, 0.5) is 14.9 Å². The zero-order valence-electron chi connectivity index (χ0n) is 13.8. The predicted octanol–water partition coefficient (Wildman–Crippen LogP) is 3.26. The fraction of sp³-hybridized carbons (Fsp3) is 0.421. The lowest BCUT2D eigenvalue weighted by Gasteiger charge is -2.20. The van der Waals surface area contributed by atoms with Gasteiger partial charge < -0.3 is 19.5 Å². The van der Waals surface area contributed by atoms with Gasteiger partial charge in [0.1, 0.15) is 5.82 Å². The smallest absolute Gasteiger partial charge is 0.321 e. The first kappa shape index (κ1) is 15.0. The Morgan fingerprint density at radius 2 is 1.80 bits per heavy atom. The summed E-state index contributed by atoms with van der Waals surface area (Å²) in [4.78, 5) is 14.5. The number of ether oxygens (including phenoxy) is 1. The average Bonchev–Trinajstić information content (AvgIpc) is 3.37. The summed E-state index contributed by atoms with van der Waals surface area (Å²) in [6.07, 6.45) is 6.47. The molecule has 3 fully saturated rings. The van der Waals surface area contributed by atoms with Gasteiger partial charge in [-0.2, -0.15) is 0 Å². The predicted molar refractivity (Wildman–Crippen MR) is 91.2 cm³/mol. The fourth-order valence-corrected chi connectivity index (χ4v) is 4.61. The molecule has 0 spiro atoms. The van der Waals surface area contributed by atoms with Crippen LogP contribution in [0.3, 0.4) is 0 Å². The number of fused-ring (bicyclic) bond motifs is 5. The summed E-state index contributed by atoms with van der Waals surface area (Å²) >= 11 is 0. The molecular weight excluding hydrogens is 321 g/mol. The van der Waals surface area contributed by atoms with Gasteiger partial charge >= 0.3 is 6.03 Å². The molecule has 0 radical (unpaired) electrons. The Hall–Kier alpha value is -2.34. The molecule has 5 rings (SSSR count). The van der Waals surface area contributed by atoms with Gasteiger partial charge in [0.15, 0.2) is 0 Å². The number of rotatable bonds is 2. The Kier molecular flexibility index (Phi) is 3.35. The number of carbonyl (C=O) groups excluding carboxylic acids is 1. The minimum Gasteiger partial charge on any atom is -0.374 e. The highest BCUT2D eigenvalue weighted by atomic mass is 19.1. The van der Waals surface area contributed by atoms with E-state index in [9.17, 15) is 9.18 Å². The summed E-state index contributed by atoms with van der Waals surface area (Å²) in [7, 11) is 0. The molecule has 2 amide bonds. The van der Waals surface area contributed by atoms with Crippen LogP contribution in [0, 0.1) is 17.7 Å².